The van der Waals surface area contributed by atoms with Gasteiger partial charge in [-0.15, -0.1) is 3.89 Å². The molecular weight excluding hydrogens is 191 g/mol. The SMILES string of the molecule is C/C(=C\c1ccccc1)S(=O)(=O)F. The highest BCUT2D eigenvalue weighted by molar-refractivity contribution is 7.90. The van der Waals surface area contributed by atoms with Crippen LogP contribution in [0.1, 0.15) is 12.5 Å². The van der Waals surface area contributed by atoms with E-state index in [9.17, 15) is 12.3 Å². The van der Waals surface area contributed by atoms with Crippen LogP contribution in [0.25, 0.3) is 6.08 Å². The van der Waals surface area contributed by atoms with Crippen molar-refractivity contribution in [3.63, 3.8) is 0 Å². The summed E-state index contributed by atoms with van der Waals surface area (Å²) in [6.07, 6.45) is 1.29. The molecule has 4 heteroatoms. The van der Waals surface area contributed by atoms with E-state index in [-0.39, 0.29) is 4.91 Å². The molecule has 0 spiro atoms. The summed E-state index contributed by atoms with van der Waals surface area (Å²) in [5.41, 5.74) is 0.668. The summed E-state index contributed by atoms with van der Waals surface area (Å²) in [6, 6.07) is 8.72. The molecule has 0 N–H and O–H groups in total. The average molecular weight is 200 g/mol. The molecule has 0 amide bonds. The molecule has 0 saturated heterocycles. The monoisotopic (exact) mass is 200 g/mol. The Labute approximate surface area is 76.9 Å². The van der Waals surface area contributed by atoms with Crippen LogP contribution >= 0.6 is 0 Å². The minimum absolute atomic E-state index is 0.279. The average Bonchev–Trinajstić information content (AvgIpc) is 2.04. The Morgan fingerprint density at radius 3 is 2.31 bits per heavy atom. The van der Waals surface area contributed by atoms with Crippen molar-refractivity contribution in [2.24, 2.45) is 0 Å². The van der Waals surface area contributed by atoms with Crippen molar-refractivity contribution in [1.29, 1.82) is 0 Å². The fourth-order valence-corrected chi connectivity index (χ4v) is 1.13. The highest BCUT2D eigenvalue weighted by Gasteiger charge is 2.09. The molecule has 1 aromatic rings. The Hall–Kier alpha value is -1.16. The summed E-state index contributed by atoms with van der Waals surface area (Å²) in [7, 11) is -4.54. The van der Waals surface area contributed by atoms with Gasteiger partial charge in [-0.05, 0) is 18.6 Å². The van der Waals surface area contributed by atoms with Crippen molar-refractivity contribution in [2.75, 3.05) is 0 Å². The maximum Gasteiger partial charge on any atom is 0.327 e. The first-order valence-corrected chi connectivity index (χ1v) is 5.06. The third-order valence-electron chi connectivity index (χ3n) is 1.55. The zero-order chi connectivity index (χ0) is 9.90. The van der Waals surface area contributed by atoms with Crippen molar-refractivity contribution in [3.05, 3.63) is 40.8 Å². The molecule has 70 valence electrons. The van der Waals surface area contributed by atoms with E-state index in [1.807, 2.05) is 0 Å². The number of hydrogen-bond acceptors (Lipinski definition) is 2. The molecule has 0 fully saturated rings. The third kappa shape index (κ3) is 2.99. The number of benzene rings is 1. The number of allylic oxidation sites excluding steroid dienone is 1. The molecule has 0 bridgehead atoms. The Morgan fingerprint density at radius 1 is 1.31 bits per heavy atom. The highest BCUT2D eigenvalue weighted by atomic mass is 32.3. The normalized spacial score (nSPS) is 12.9. The van der Waals surface area contributed by atoms with Crippen LogP contribution in [0.4, 0.5) is 3.89 Å². The van der Waals surface area contributed by atoms with E-state index < -0.39 is 10.2 Å². The molecule has 2 nitrogen and oxygen atoms in total. The van der Waals surface area contributed by atoms with Crippen molar-refractivity contribution >= 4 is 16.3 Å². The van der Waals surface area contributed by atoms with Gasteiger partial charge in [-0.1, -0.05) is 30.3 Å². The molecule has 0 atom stereocenters. The molecule has 0 unspecified atom stereocenters. The van der Waals surface area contributed by atoms with Gasteiger partial charge < -0.3 is 0 Å². The lowest BCUT2D eigenvalue weighted by atomic mass is 10.2. The van der Waals surface area contributed by atoms with Crippen LogP contribution in [-0.4, -0.2) is 8.42 Å². The fraction of sp³-hybridized carbons (Fsp3) is 0.111. The minimum atomic E-state index is -4.54. The Kier molecular flexibility index (Phi) is 2.83. The molecule has 0 aliphatic rings. The number of halogens is 1. The zero-order valence-corrected chi connectivity index (χ0v) is 7.88. The minimum Gasteiger partial charge on any atom is -0.190 e. The van der Waals surface area contributed by atoms with Crippen molar-refractivity contribution in [2.45, 2.75) is 6.92 Å². The quantitative estimate of drug-likeness (QED) is 0.687. The van der Waals surface area contributed by atoms with Gasteiger partial charge >= 0.3 is 10.2 Å². The largest absolute Gasteiger partial charge is 0.327 e. The highest BCUT2D eigenvalue weighted by Crippen LogP contribution is 2.12. The standard InChI is InChI=1S/C9H9FO2S/c1-8(13(10,11)12)7-9-5-3-2-4-6-9/h2-7H,1H3/b8-7+. The molecule has 1 aromatic carbocycles. The van der Waals surface area contributed by atoms with Gasteiger partial charge in [-0.2, -0.15) is 8.42 Å². The summed E-state index contributed by atoms with van der Waals surface area (Å²) in [6.45, 7) is 1.22. The lowest BCUT2D eigenvalue weighted by Gasteiger charge is -1.94. The zero-order valence-electron chi connectivity index (χ0n) is 7.07. The van der Waals surface area contributed by atoms with Gasteiger partial charge in [0.1, 0.15) is 0 Å². The van der Waals surface area contributed by atoms with E-state index >= 15 is 0 Å². The fourth-order valence-electron chi connectivity index (χ4n) is 0.854. The summed E-state index contributed by atoms with van der Waals surface area (Å²) in [4.78, 5) is -0.279. The van der Waals surface area contributed by atoms with Crippen LogP contribution in [0, 0.1) is 0 Å². The van der Waals surface area contributed by atoms with Crippen LogP contribution in [0.5, 0.6) is 0 Å². The Balaban J connectivity index is 3.04. The molecule has 0 radical (unpaired) electrons. The molecule has 0 aromatic heterocycles. The first-order chi connectivity index (χ1) is 6.00. The molecule has 0 heterocycles. The molecule has 0 aliphatic heterocycles. The topological polar surface area (TPSA) is 34.1 Å². The molecule has 0 aliphatic carbocycles. The molecule has 13 heavy (non-hydrogen) atoms. The van der Waals surface area contributed by atoms with E-state index in [0.717, 1.165) is 0 Å². The Bertz CT molecular complexity index is 407. The van der Waals surface area contributed by atoms with Crippen LogP contribution in [0.15, 0.2) is 35.2 Å². The van der Waals surface area contributed by atoms with Crippen LogP contribution in [0.3, 0.4) is 0 Å². The molecule has 0 saturated carbocycles. The molecular formula is C9H9FO2S. The summed E-state index contributed by atoms with van der Waals surface area (Å²) < 4.78 is 33.2. The van der Waals surface area contributed by atoms with Crippen LogP contribution in [-0.2, 0) is 10.2 Å². The lowest BCUT2D eigenvalue weighted by Crippen LogP contribution is -1.90. The first-order valence-electron chi connectivity index (χ1n) is 3.68. The lowest BCUT2D eigenvalue weighted by molar-refractivity contribution is 0.560. The maximum absolute atomic E-state index is 12.4. The van der Waals surface area contributed by atoms with Crippen molar-refractivity contribution in [3.8, 4) is 0 Å². The first kappa shape index (κ1) is 9.92. The molecule has 1 rings (SSSR count). The van der Waals surface area contributed by atoms with E-state index in [2.05, 4.69) is 0 Å². The third-order valence-corrected chi connectivity index (χ3v) is 2.44. The van der Waals surface area contributed by atoms with Crippen LogP contribution < -0.4 is 0 Å². The van der Waals surface area contributed by atoms with Gasteiger partial charge in [0.05, 0.1) is 4.91 Å². The summed E-state index contributed by atoms with van der Waals surface area (Å²) in [5.74, 6) is 0. The predicted octanol–water partition coefficient (Wildman–Crippen LogP) is 2.35. The second kappa shape index (κ2) is 3.70. The second-order valence-electron chi connectivity index (χ2n) is 2.60. The number of rotatable bonds is 2. The maximum atomic E-state index is 12.4. The van der Waals surface area contributed by atoms with Gasteiger partial charge in [-0.25, -0.2) is 0 Å². The van der Waals surface area contributed by atoms with Gasteiger partial charge in [-0.3, -0.25) is 0 Å². The Morgan fingerprint density at radius 2 is 1.85 bits per heavy atom. The van der Waals surface area contributed by atoms with E-state index in [1.165, 1.54) is 13.0 Å². The second-order valence-corrected chi connectivity index (χ2v) is 4.12. The summed E-state index contributed by atoms with van der Waals surface area (Å²) in [5, 5.41) is 0. The van der Waals surface area contributed by atoms with Gasteiger partial charge in [0.25, 0.3) is 0 Å². The van der Waals surface area contributed by atoms with Gasteiger partial charge in [0, 0.05) is 0 Å². The van der Waals surface area contributed by atoms with Gasteiger partial charge in [0.2, 0.25) is 0 Å². The predicted molar refractivity (Wildman–Crippen MR) is 50.1 cm³/mol. The van der Waals surface area contributed by atoms with E-state index in [1.54, 1.807) is 30.3 Å². The smallest absolute Gasteiger partial charge is 0.190 e. The van der Waals surface area contributed by atoms with E-state index in [4.69, 9.17) is 0 Å². The van der Waals surface area contributed by atoms with Crippen molar-refractivity contribution < 1.29 is 12.3 Å². The number of hydrogen-bond donors (Lipinski definition) is 0. The van der Waals surface area contributed by atoms with Crippen molar-refractivity contribution in [1.82, 2.24) is 0 Å². The van der Waals surface area contributed by atoms with Gasteiger partial charge in [0.15, 0.2) is 0 Å². The van der Waals surface area contributed by atoms with E-state index in [0.29, 0.717) is 5.56 Å². The summed E-state index contributed by atoms with van der Waals surface area (Å²) >= 11 is 0. The van der Waals surface area contributed by atoms with Crippen LogP contribution in [0.2, 0.25) is 0 Å².